The smallest absolute Gasteiger partial charge is 0.133 e. The third kappa shape index (κ3) is 3.32. The Morgan fingerprint density at radius 1 is 1.53 bits per heavy atom. The zero-order valence-corrected chi connectivity index (χ0v) is 10.1. The third-order valence-corrected chi connectivity index (χ3v) is 2.47. The molecular formula is C11H17N5O. The summed E-state index contributed by atoms with van der Waals surface area (Å²) in [6, 6.07) is 1.95. The lowest BCUT2D eigenvalue weighted by Crippen LogP contribution is -2.23. The molecule has 0 fully saturated rings. The number of likely N-dealkylation sites (N-methyl/N-ethyl adjacent to an activating group) is 1. The van der Waals surface area contributed by atoms with Crippen molar-refractivity contribution < 1.29 is 4.52 Å². The van der Waals surface area contributed by atoms with Crippen molar-refractivity contribution in [1.82, 2.24) is 19.8 Å². The third-order valence-electron chi connectivity index (χ3n) is 2.47. The zero-order valence-electron chi connectivity index (χ0n) is 10.1. The second kappa shape index (κ2) is 5.01. The zero-order chi connectivity index (χ0) is 12.3. The number of hydrogen-bond donors (Lipinski definition) is 1. The maximum atomic E-state index is 5.59. The summed E-state index contributed by atoms with van der Waals surface area (Å²) in [7, 11) is 2.04. The summed E-state index contributed by atoms with van der Waals surface area (Å²) >= 11 is 0. The van der Waals surface area contributed by atoms with Crippen molar-refractivity contribution in [2.45, 2.75) is 20.0 Å². The fourth-order valence-corrected chi connectivity index (χ4v) is 1.62. The summed E-state index contributed by atoms with van der Waals surface area (Å²) in [6.07, 6.45) is 3.48. The van der Waals surface area contributed by atoms with E-state index in [1.54, 1.807) is 6.20 Å². The van der Waals surface area contributed by atoms with Gasteiger partial charge in [-0.15, -0.1) is 0 Å². The van der Waals surface area contributed by atoms with Gasteiger partial charge in [-0.25, -0.2) is 0 Å². The molecule has 0 spiro atoms. The molecule has 6 nitrogen and oxygen atoms in total. The van der Waals surface area contributed by atoms with Gasteiger partial charge in [0.1, 0.15) is 5.76 Å². The minimum atomic E-state index is 0.694. The van der Waals surface area contributed by atoms with Crippen LogP contribution in [0.2, 0.25) is 0 Å². The lowest BCUT2D eigenvalue weighted by atomic mass is 10.3. The van der Waals surface area contributed by atoms with Crippen LogP contribution in [0.3, 0.4) is 0 Å². The van der Waals surface area contributed by atoms with Gasteiger partial charge in [-0.1, -0.05) is 5.16 Å². The molecule has 0 aliphatic heterocycles. The van der Waals surface area contributed by atoms with Crippen LogP contribution in [0.1, 0.15) is 11.5 Å². The molecule has 0 saturated carbocycles. The second-order valence-corrected chi connectivity index (χ2v) is 4.20. The lowest BCUT2D eigenvalue weighted by Gasteiger charge is -2.14. The Morgan fingerprint density at radius 2 is 2.35 bits per heavy atom. The van der Waals surface area contributed by atoms with Gasteiger partial charge in [0.2, 0.25) is 0 Å². The molecule has 2 heterocycles. The number of rotatable bonds is 5. The van der Waals surface area contributed by atoms with Gasteiger partial charge in [-0.05, 0) is 14.0 Å². The molecule has 0 aliphatic rings. The highest BCUT2D eigenvalue weighted by Gasteiger charge is 2.05. The Morgan fingerprint density at radius 3 is 2.94 bits per heavy atom. The molecule has 0 atom stereocenters. The minimum Gasteiger partial charge on any atom is -0.396 e. The van der Waals surface area contributed by atoms with Crippen molar-refractivity contribution in [3.8, 4) is 0 Å². The number of nitrogens with zero attached hydrogens (tertiary/aromatic N) is 4. The first-order valence-corrected chi connectivity index (χ1v) is 5.52. The molecule has 0 saturated heterocycles. The number of hydrogen-bond acceptors (Lipinski definition) is 5. The van der Waals surface area contributed by atoms with Crippen molar-refractivity contribution in [2.24, 2.45) is 0 Å². The Kier molecular flexibility index (Phi) is 3.43. The predicted octanol–water partition coefficient (Wildman–Crippen LogP) is 0.894. The molecular weight excluding hydrogens is 218 g/mol. The van der Waals surface area contributed by atoms with E-state index in [1.165, 1.54) is 0 Å². The van der Waals surface area contributed by atoms with Crippen LogP contribution in [0.4, 0.5) is 5.69 Å². The molecule has 0 aliphatic carbocycles. The molecule has 92 valence electrons. The van der Waals surface area contributed by atoms with E-state index in [2.05, 4.69) is 15.2 Å². The molecule has 6 heteroatoms. The molecule has 0 aromatic carbocycles. The summed E-state index contributed by atoms with van der Waals surface area (Å²) in [6.45, 7) is 4.36. The van der Waals surface area contributed by atoms with Crippen LogP contribution >= 0.6 is 0 Å². The Balaban J connectivity index is 1.79. The summed E-state index contributed by atoms with van der Waals surface area (Å²) in [4.78, 5) is 2.16. The molecule has 0 bridgehead atoms. The lowest BCUT2D eigenvalue weighted by molar-refractivity contribution is 0.292. The van der Waals surface area contributed by atoms with Crippen LogP contribution in [0, 0.1) is 6.92 Å². The van der Waals surface area contributed by atoms with Gasteiger partial charge >= 0.3 is 0 Å². The maximum Gasteiger partial charge on any atom is 0.133 e. The highest BCUT2D eigenvalue weighted by atomic mass is 16.5. The van der Waals surface area contributed by atoms with Gasteiger partial charge in [-0.3, -0.25) is 9.58 Å². The highest BCUT2D eigenvalue weighted by Crippen LogP contribution is 2.04. The Labute approximate surface area is 100.0 Å². The molecule has 0 radical (unpaired) electrons. The number of aromatic nitrogens is 3. The van der Waals surface area contributed by atoms with Crippen LogP contribution in [0.25, 0.3) is 0 Å². The van der Waals surface area contributed by atoms with Crippen molar-refractivity contribution in [2.75, 3.05) is 19.3 Å². The van der Waals surface area contributed by atoms with E-state index in [0.717, 1.165) is 31.1 Å². The average Bonchev–Trinajstić information content (AvgIpc) is 2.85. The van der Waals surface area contributed by atoms with Crippen molar-refractivity contribution in [1.29, 1.82) is 0 Å². The Hall–Kier alpha value is -1.82. The van der Waals surface area contributed by atoms with E-state index in [4.69, 9.17) is 10.3 Å². The van der Waals surface area contributed by atoms with Crippen molar-refractivity contribution in [3.63, 3.8) is 0 Å². The monoisotopic (exact) mass is 235 g/mol. The van der Waals surface area contributed by atoms with Gasteiger partial charge in [0.05, 0.1) is 24.1 Å². The van der Waals surface area contributed by atoms with Crippen LogP contribution in [-0.2, 0) is 13.1 Å². The summed E-state index contributed by atoms with van der Waals surface area (Å²) in [5, 5.41) is 8.09. The molecule has 0 amide bonds. The van der Waals surface area contributed by atoms with E-state index in [9.17, 15) is 0 Å². The largest absolute Gasteiger partial charge is 0.396 e. The SMILES string of the molecule is Cc1cc(CN(C)CCn2cc(N)cn2)no1. The van der Waals surface area contributed by atoms with E-state index in [-0.39, 0.29) is 0 Å². The molecule has 17 heavy (non-hydrogen) atoms. The van der Waals surface area contributed by atoms with E-state index >= 15 is 0 Å². The minimum absolute atomic E-state index is 0.694. The van der Waals surface area contributed by atoms with Gasteiger partial charge in [0.25, 0.3) is 0 Å². The van der Waals surface area contributed by atoms with Gasteiger partial charge in [-0.2, -0.15) is 5.10 Å². The molecule has 2 aromatic heterocycles. The summed E-state index contributed by atoms with van der Waals surface area (Å²) in [5.74, 6) is 0.841. The standard InChI is InChI=1S/C11H17N5O/c1-9-5-11(14-17-9)8-15(2)3-4-16-7-10(12)6-13-16/h5-7H,3-4,8,12H2,1-2H3. The number of nitrogens with two attached hydrogens (primary N) is 1. The quantitative estimate of drug-likeness (QED) is 0.833. The topological polar surface area (TPSA) is 73.1 Å². The van der Waals surface area contributed by atoms with Gasteiger partial charge in [0, 0.05) is 25.4 Å². The molecule has 2 N–H and O–H groups in total. The van der Waals surface area contributed by atoms with Crippen molar-refractivity contribution in [3.05, 3.63) is 29.9 Å². The molecule has 2 aromatic rings. The predicted molar refractivity (Wildman–Crippen MR) is 64.2 cm³/mol. The van der Waals surface area contributed by atoms with E-state index < -0.39 is 0 Å². The van der Waals surface area contributed by atoms with Crippen LogP contribution in [-0.4, -0.2) is 33.4 Å². The maximum absolute atomic E-state index is 5.59. The Bertz CT molecular complexity index is 476. The number of anilines is 1. The molecule has 0 unspecified atom stereocenters. The first kappa shape index (κ1) is 11.7. The molecule has 2 rings (SSSR count). The fourth-order valence-electron chi connectivity index (χ4n) is 1.62. The first-order chi connectivity index (χ1) is 8.13. The summed E-state index contributed by atoms with van der Waals surface area (Å²) in [5.41, 5.74) is 7.24. The van der Waals surface area contributed by atoms with E-state index in [0.29, 0.717) is 5.69 Å². The number of nitrogen functional groups attached to an aromatic ring is 1. The number of aryl methyl sites for hydroxylation is 1. The highest BCUT2D eigenvalue weighted by molar-refractivity contribution is 5.30. The van der Waals surface area contributed by atoms with Crippen LogP contribution in [0.15, 0.2) is 23.0 Å². The van der Waals surface area contributed by atoms with Crippen LogP contribution in [0.5, 0.6) is 0 Å². The van der Waals surface area contributed by atoms with Crippen molar-refractivity contribution >= 4 is 5.69 Å². The second-order valence-electron chi connectivity index (χ2n) is 4.20. The average molecular weight is 235 g/mol. The van der Waals surface area contributed by atoms with E-state index in [1.807, 2.05) is 30.9 Å². The van der Waals surface area contributed by atoms with Gasteiger partial charge in [0.15, 0.2) is 0 Å². The normalized spacial score (nSPS) is 11.2. The first-order valence-electron chi connectivity index (χ1n) is 5.52. The summed E-state index contributed by atoms with van der Waals surface area (Å²) < 4.78 is 6.85. The van der Waals surface area contributed by atoms with Gasteiger partial charge < -0.3 is 10.3 Å². The van der Waals surface area contributed by atoms with Crippen LogP contribution < -0.4 is 5.73 Å². The fraction of sp³-hybridized carbons (Fsp3) is 0.455.